The number of carbonyl (C=O) groups excluding carboxylic acids is 1. The second-order valence-electron chi connectivity index (χ2n) is 7.25. The molecular formula is C23H22ClN5OS. The average Bonchev–Trinajstić information content (AvgIpc) is 3.10. The number of hydrogen-bond acceptors (Lipinski definition) is 5. The van der Waals surface area contributed by atoms with Gasteiger partial charge in [0.25, 0.3) is 0 Å². The van der Waals surface area contributed by atoms with Crippen LogP contribution >= 0.6 is 23.4 Å². The lowest BCUT2D eigenvalue weighted by atomic mass is 10.2. The first-order valence-electron chi connectivity index (χ1n) is 9.74. The molecule has 0 spiro atoms. The zero-order chi connectivity index (χ0) is 21.8. The molecule has 1 N–H and O–H groups in total. The van der Waals surface area contributed by atoms with Gasteiger partial charge in [0.15, 0.2) is 5.16 Å². The quantitative estimate of drug-likeness (QED) is 0.397. The Labute approximate surface area is 190 Å². The molecule has 8 heteroatoms. The zero-order valence-corrected chi connectivity index (χ0v) is 18.8. The fraction of sp³-hybridized carbons (Fsp3) is 0.174. The van der Waals surface area contributed by atoms with Crippen LogP contribution < -0.4 is 10.2 Å². The highest BCUT2D eigenvalue weighted by Gasteiger charge is 2.15. The molecular weight excluding hydrogens is 430 g/mol. The van der Waals surface area contributed by atoms with E-state index in [0.717, 1.165) is 33.1 Å². The largest absolute Gasteiger partial charge is 0.378 e. The number of carbonyl (C=O) groups is 1. The smallest absolute Gasteiger partial charge is 0.244 e. The predicted molar refractivity (Wildman–Crippen MR) is 128 cm³/mol. The third-order valence-corrected chi connectivity index (χ3v) is 6.02. The summed E-state index contributed by atoms with van der Waals surface area (Å²) in [7, 11) is 3.96. The van der Waals surface area contributed by atoms with Gasteiger partial charge in [0, 0.05) is 42.4 Å². The Hall–Kier alpha value is -3.03. The van der Waals surface area contributed by atoms with Crippen LogP contribution in [0.15, 0.2) is 72.1 Å². The van der Waals surface area contributed by atoms with Gasteiger partial charge < -0.3 is 14.8 Å². The molecule has 158 valence electrons. The van der Waals surface area contributed by atoms with Gasteiger partial charge in [-0.15, -0.1) is 0 Å². The van der Waals surface area contributed by atoms with E-state index in [0.29, 0.717) is 10.8 Å². The molecule has 0 saturated heterocycles. The van der Waals surface area contributed by atoms with Gasteiger partial charge in [-0.1, -0.05) is 35.5 Å². The van der Waals surface area contributed by atoms with Crippen molar-refractivity contribution in [2.24, 2.45) is 0 Å². The number of benzene rings is 2. The van der Waals surface area contributed by atoms with E-state index in [-0.39, 0.29) is 12.5 Å². The molecule has 0 unspecified atom stereocenters. The molecule has 0 radical (unpaired) electrons. The summed E-state index contributed by atoms with van der Waals surface area (Å²) in [5.74, 6) is 0.579. The van der Waals surface area contributed by atoms with Crippen molar-refractivity contribution in [3.63, 3.8) is 0 Å². The number of nitrogens with one attached hydrogen (secondary N) is 1. The summed E-state index contributed by atoms with van der Waals surface area (Å²) in [6.07, 6.45) is 3.45. The maximum Gasteiger partial charge on any atom is 0.244 e. The number of amides is 1. The first kappa shape index (κ1) is 21.2. The van der Waals surface area contributed by atoms with Gasteiger partial charge in [0.05, 0.1) is 17.2 Å². The second kappa shape index (κ2) is 9.41. The van der Waals surface area contributed by atoms with Gasteiger partial charge in [0.2, 0.25) is 5.91 Å². The standard InChI is InChI=1S/C23H22ClN5OS/c1-28(2)19-8-6-18(7-9-19)26-22(30)14-29-21-13-25-11-10-20(21)27-23(29)31-15-16-4-3-5-17(24)12-16/h3-13H,14-15H2,1-2H3,(H,26,30). The molecule has 2 aromatic carbocycles. The highest BCUT2D eigenvalue weighted by molar-refractivity contribution is 7.98. The molecule has 4 rings (SSSR count). The van der Waals surface area contributed by atoms with E-state index in [9.17, 15) is 4.79 Å². The Balaban J connectivity index is 1.52. The Bertz CT molecular complexity index is 1210. The van der Waals surface area contributed by atoms with Crippen LogP contribution in [-0.4, -0.2) is 34.5 Å². The lowest BCUT2D eigenvalue weighted by Crippen LogP contribution is -2.19. The number of anilines is 2. The Kier molecular flexibility index (Phi) is 6.44. The number of nitrogens with zero attached hydrogens (tertiary/aromatic N) is 4. The van der Waals surface area contributed by atoms with Crippen LogP contribution in [0.5, 0.6) is 0 Å². The van der Waals surface area contributed by atoms with E-state index in [2.05, 4.69) is 10.3 Å². The van der Waals surface area contributed by atoms with Crippen LogP contribution in [0.25, 0.3) is 11.0 Å². The normalized spacial score (nSPS) is 10.9. The van der Waals surface area contributed by atoms with Crippen molar-refractivity contribution < 1.29 is 4.79 Å². The maximum absolute atomic E-state index is 12.8. The molecule has 0 bridgehead atoms. The fourth-order valence-corrected chi connectivity index (χ4v) is 4.34. The van der Waals surface area contributed by atoms with E-state index in [1.54, 1.807) is 24.2 Å². The molecule has 0 aliphatic carbocycles. The molecule has 4 aromatic rings. The summed E-state index contributed by atoms with van der Waals surface area (Å²) in [5, 5.41) is 4.44. The van der Waals surface area contributed by atoms with Gasteiger partial charge in [-0.2, -0.15) is 0 Å². The number of rotatable bonds is 7. The minimum atomic E-state index is -0.120. The Morgan fingerprint density at radius 3 is 2.71 bits per heavy atom. The topological polar surface area (TPSA) is 63.1 Å². The van der Waals surface area contributed by atoms with Crippen molar-refractivity contribution in [2.75, 3.05) is 24.3 Å². The molecule has 0 aliphatic rings. The minimum Gasteiger partial charge on any atom is -0.378 e. The molecule has 0 aliphatic heterocycles. The van der Waals surface area contributed by atoms with Gasteiger partial charge in [-0.25, -0.2) is 4.98 Å². The molecule has 6 nitrogen and oxygen atoms in total. The van der Waals surface area contributed by atoms with E-state index in [1.165, 1.54) is 0 Å². The molecule has 1 amide bonds. The fourth-order valence-electron chi connectivity index (χ4n) is 3.17. The number of imidazole rings is 1. The number of halogens is 1. The van der Waals surface area contributed by atoms with Gasteiger partial charge >= 0.3 is 0 Å². The lowest BCUT2D eigenvalue weighted by Gasteiger charge is -2.13. The number of hydrogen-bond donors (Lipinski definition) is 1. The highest BCUT2D eigenvalue weighted by atomic mass is 35.5. The van der Waals surface area contributed by atoms with Crippen LogP contribution in [-0.2, 0) is 17.1 Å². The first-order valence-corrected chi connectivity index (χ1v) is 11.1. The van der Waals surface area contributed by atoms with Gasteiger partial charge in [-0.05, 0) is 48.0 Å². The van der Waals surface area contributed by atoms with Crippen LogP contribution in [0.1, 0.15) is 5.56 Å². The Morgan fingerprint density at radius 1 is 1.16 bits per heavy atom. The van der Waals surface area contributed by atoms with Gasteiger partial charge in [-0.3, -0.25) is 9.78 Å². The van der Waals surface area contributed by atoms with E-state index < -0.39 is 0 Å². The summed E-state index contributed by atoms with van der Waals surface area (Å²) < 4.78 is 1.90. The minimum absolute atomic E-state index is 0.120. The number of thioether (sulfide) groups is 1. The summed E-state index contributed by atoms with van der Waals surface area (Å²) in [6.45, 7) is 0.148. The third-order valence-electron chi connectivity index (χ3n) is 4.74. The molecule has 2 aromatic heterocycles. The van der Waals surface area contributed by atoms with Crippen molar-refractivity contribution in [1.82, 2.24) is 14.5 Å². The zero-order valence-electron chi connectivity index (χ0n) is 17.2. The van der Waals surface area contributed by atoms with Crippen molar-refractivity contribution >= 4 is 51.7 Å². The summed E-state index contributed by atoms with van der Waals surface area (Å²) in [5.41, 5.74) is 4.57. The molecule has 0 atom stereocenters. The van der Waals surface area contributed by atoms with E-state index >= 15 is 0 Å². The van der Waals surface area contributed by atoms with E-state index in [1.807, 2.05) is 78.2 Å². The molecule has 2 heterocycles. The van der Waals surface area contributed by atoms with Crippen molar-refractivity contribution in [2.45, 2.75) is 17.5 Å². The van der Waals surface area contributed by atoms with Crippen LogP contribution in [0.4, 0.5) is 11.4 Å². The summed E-state index contributed by atoms with van der Waals surface area (Å²) >= 11 is 7.67. The van der Waals surface area contributed by atoms with Crippen LogP contribution in [0.3, 0.4) is 0 Å². The number of fused-ring (bicyclic) bond motifs is 1. The van der Waals surface area contributed by atoms with Crippen molar-refractivity contribution in [3.8, 4) is 0 Å². The average molecular weight is 452 g/mol. The third kappa shape index (κ3) is 5.18. The summed E-state index contributed by atoms with van der Waals surface area (Å²) in [4.78, 5) is 23.7. The van der Waals surface area contributed by atoms with Gasteiger partial charge in [0.1, 0.15) is 6.54 Å². The molecule has 31 heavy (non-hydrogen) atoms. The first-order chi connectivity index (χ1) is 15.0. The number of pyridine rings is 1. The second-order valence-corrected chi connectivity index (χ2v) is 8.63. The highest BCUT2D eigenvalue weighted by Crippen LogP contribution is 2.27. The van der Waals surface area contributed by atoms with E-state index in [4.69, 9.17) is 16.6 Å². The SMILES string of the molecule is CN(C)c1ccc(NC(=O)Cn2c(SCc3cccc(Cl)c3)nc3ccncc32)cc1. The molecule has 0 fully saturated rings. The lowest BCUT2D eigenvalue weighted by molar-refractivity contribution is -0.116. The monoisotopic (exact) mass is 451 g/mol. The van der Waals surface area contributed by atoms with Crippen LogP contribution in [0.2, 0.25) is 5.02 Å². The number of aromatic nitrogens is 3. The summed E-state index contributed by atoms with van der Waals surface area (Å²) in [6, 6.07) is 17.3. The molecule has 0 saturated carbocycles. The van der Waals surface area contributed by atoms with Crippen LogP contribution in [0, 0.1) is 0 Å². The van der Waals surface area contributed by atoms with Crippen molar-refractivity contribution in [1.29, 1.82) is 0 Å². The maximum atomic E-state index is 12.8. The Morgan fingerprint density at radius 2 is 1.97 bits per heavy atom. The predicted octanol–water partition coefficient (Wildman–Crippen LogP) is 5.08. The van der Waals surface area contributed by atoms with Crippen molar-refractivity contribution in [3.05, 3.63) is 77.6 Å².